The molecule has 0 saturated heterocycles. The normalized spacial score (nSPS) is 14.8. The molecule has 3 rings (SSSR count). The van der Waals surface area contributed by atoms with Crippen LogP contribution in [0.2, 0.25) is 0 Å². The molecule has 0 spiro atoms. The predicted molar refractivity (Wildman–Crippen MR) is 92.8 cm³/mol. The highest BCUT2D eigenvalue weighted by atomic mass is 19.1. The molecule has 4 nitrogen and oxygen atoms in total. The maximum absolute atomic E-state index is 13.7. The van der Waals surface area contributed by atoms with Crippen molar-refractivity contribution in [1.82, 2.24) is 5.32 Å². The summed E-state index contributed by atoms with van der Waals surface area (Å²) in [5, 5.41) is 2.91. The molecular formula is C20H22FNO3. The van der Waals surface area contributed by atoms with E-state index in [2.05, 4.69) is 5.32 Å². The van der Waals surface area contributed by atoms with E-state index in [1.807, 2.05) is 30.3 Å². The minimum atomic E-state index is -0.423. The Balaban J connectivity index is 1.58. The highest BCUT2D eigenvalue weighted by molar-refractivity contribution is 5.77. The maximum Gasteiger partial charge on any atom is 0.246 e. The Bertz CT molecular complexity index is 688. The largest absolute Gasteiger partial charge is 0.488 e. The number of amides is 1. The van der Waals surface area contributed by atoms with Crippen molar-refractivity contribution in [1.29, 1.82) is 0 Å². The first kappa shape index (κ1) is 17.4. The van der Waals surface area contributed by atoms with Crippen molar-refractivity contribution >= 4 is 5.91 Å². The zero-order valence-corrected chi connectivity index (χ0v) is 14.0. The highest BCUT2D eigenvalue weighted by Crippen LogP contribution is 2.28. The number of para-hydroxylation sites is 1. The van der Waals surface area contributed by atoms with Gasteiger partial charge in [-0.3, -0.25) is 4.79 Å². The smallest absolute Gasteiger partial charge is 0.246 e. The minimum absolute atomic E-state index is 0.0273. The molecule has 1 fully saturated rings. The fourth-order valence-corrected chi connectivity index (χ4v) is 2.48. The average Bonchev–Trinajstić information content (AvgIpc) is 3.45. The Labute approximate surface area is 147 Å². The number of carbonyl (C=O) groups is 1. The van der Waals surface area contributed by atoms with E-state index in [-0.39, 0.29) is 30.9 Å². The van der Waals surface area contributed by atoms with E-state index in [9.17, 15) is 9.18 Å². The van der Waals surface area contributed by atoms with E-state index in [1.54, 1.807) is 18.2 Å². The topological polar surface area (TPSA) is 47.6 Å². The van der Waals surface area contributed by atoms with Crippen molar-refractivity contribution in [2.75, 3.05) is 19.8 Å². The molecule has 132 valence electrons. The van der Waals surface area contributed by atoms with E-state index in [0.717, 1.165) is 5.56 Å². The van der Waals surface area contributed by atoms with Gasteiger partial charge in [-0.2, -0.15) is 0 Å². The number of halogens is 1. The molecule has 1 unspecified atom stereocenters. The van der Waals surface area contributed by atoms with Crippen molar-refractivity contribution in [3.63, 3.8) is 0 Å². The Morgan fingerprint density at radius 2 is 1.84 bits per heavy atom. The van der Waals surface area contributed by atoms with E-state index < -0.39 is 5.82 Å². The number of benzene rings is 2. The predicted octanol–water partition coefficient (Wildman–Crippen LogP) is 3.49. The lowest BCUT2D eigenvalue weighted by Crippen LogP contribution is -2.35. The van der Waals surface area contributed by atoms with Gasteiger partial charge >= 0.3 is 0 Å². The molecule has 0 heterocycles. The molecular weight excluding hydrogens is 321 g/mol. The quantitative estimate of drug-likeness (QED) is 0.758. The second-order valence-corrected chi connectivity index (χ2v) is 6.23. The van der Waals surface area contributed by atoms with Gasteiger partial charge in [0.15, 0.2) is 11.6 Å². The summed E-state index contributed by atoms with van der Waals surface area (Å²) >= 11 is 0. The van der Waals surface area contributed by atoms with Gasteiger partial charge in [0.05, 0.1) is 12.6 Å². The summed E-state index contributed by atoms with van der Waals surface area (Å²) in [6.07, 6.45) is 2.37. The summed E-state index contributed by atoms with van der Waals surface area (Å²) < 4.78 is 24.7. The molecule has 0 bridgehead atoms. The summed E-state index contributed by atoms with van der Waals surface area (Å²) in [6.45, 7) is 0.800. The van der Waals surface area contributed by atoms with Crippen LogP contribution in [0.4, 0.5) is 4.39 Å². The zero-order valence-electron chi connectivity index (χ0n) is 14.0. The second kappa shape index (κ2) is 8.62. The first-order valence-electron chi connectivity index (χ1n) is 8.52. The summed E-state index contributed by atoms with van der Waals surface area (Å²) in [4.78, 5) is 12.1. The Hall–Kier alpha value is -2.40. The first-order valence-corrected chi connectivity index (χ1v) is 8.52. The number of ether oxygens (including phenoxy) is 2. The zero-order chi connectivity index (χ0) is 17.5. The van der Waals surface area contributed by atoms with Gasteiger partial charge in [-0.1, -0.05) is 42.5 Å². The van der Waals surface area contributed by atoms with E-state index in [4.69, 9.17) is 9.47 Å². The molecule has 0 aromatic heterocycles. The summed E-state index contributed by atoms with van der Waals surface area (Å²) in [6, 6.07) is 15.3. The second-order valence-electron chi connectivity index (χ2n) is 6.23. The third kappa shape index (κ3) is 5.57. The maximum atomic E-state index is 13.7. The van der Waals surface area contributed by atoms with Gasteiger partial charge < -0.3 is 14.8 Å². The molecule has 2 aromatic carbocycles. The highest BCUT2D eigenvalue weighted by Gasteiger charge is 2.22. The van der Waals surface area contributed by atoms with Crippen molar-refractivity contribution in [3.05, 3.63) is 66.0 Å². The van der Waals surface area contributed by atoms with Crippen LogP contribution >= 0.6 is 0 Å². The van der Waals surface area contributed by atoms with Crippen molar-refractivity contribution in [3.8, 4) is 5.75 Å². The number of rotatable bonds is 9. The molecule has 0 radical (unpaired) electrons. The molecule has 25 heavy (non-hydrogen) atoms. The van der Waals surface area contributed by atoms with E-state index in [1.165, 1.54) is 18.9 Å². The molecule has 1 atom stereocenters. The third-order valence-electron chi connectivity index (χ3n) is 4.06. The molecule has 1 aliphatic carbocycles. The Kier molecular flexibility index (Phi) is 6.01. The van der Waals surface area contributed by atoms with Crippen LogP contribution in [0.3, 0.4) is 0 Å². The SMILES string of the molecule is O=C(COCC1CC1)NC(COc1ccccc1F)c1ccccc1. The molecule has 1 N–H and O–H groups in total. The lowest BCUT2D eigenvalue weighted by atomic mass is 10.1. The van der Waals surface area contributed by atoms with Crippen molar-refractivity contribution in [2.45, 2.75) is 18.9 Å². The third-order valence-corrected chi connectivity index (χ3v) is 4.06. The van der Waals surface area contributed by atoms with Crippen LogP contribution in [-0.4, -0.2) is 25.7 Å². The van der Waals surface area contributed by atoms with Gasteiger partial charge in [-0.25, -0.2) is 4.39 Å². The van der Waals surface area contributed by atoms with Crippen LogP contribution in [0.1, 0.15) is 24.4 Å². The molecule has 1 aliphatic rings. The van der Waals surface area contributed by atoms with Gasteiger partial charge in [-0.15, -0.1) is 0 Å². The van der Waals surface area contributed by atoms with Crippen LogP contribution in [0.5, 0.6) is 5.75 Å². The van der Waals surface area contributed by atoms with E-state index in [0.29, 0.717) is 12.5 Å². The summed E-state index contributed by atoms with van der Waals surface area (Å²) in [5.74, 6) is 0.157. The van der Waals surface area contributed by atoms with Gasteiger partial charge in [0.2, 0.25) is 5.91 Å². The number of hydrogen-bond donors (Lipinski definition) is 1. The fraction of sp³-hybridized carbons (Fsp3) is 0.350. The molecule has 0 aliphatic heterocycles. The van der Waals surface area contributed by atoms with Crippen LogP contribution in [-0.2, 0) is 9.53 Å². The molecule has 1 saturated carbocycles. The standard InChI is InChI=1S/C20H22FNO3/c21-17-8-4-5-9-19(17)25-13-18(16-6-2-1-3-7-16)22-20(23)14-24-12-15-10-11-15/h1-9,15,18H,10-14H2,(H,22,23). The number of hydrogen-bond acceptors (Lipinski definition) is 3. The average molecular weight is 343 g/mol. The van der Waals surface area contributed by atoms with Crippen LogP contribution in [0.25, 0.3) is 0 Å². The minimum Gasteiger partial charge on any atom is -0.488 e. The van der Waals surface area contributed by atoms with Crippen molar-refractivity contribution < 1.29 is 18.7 Å². The van der Waals surface area contributed by atoms with Gasteiger partial charge in [0.1, 0.15) is 13.2 Å². The van der Waals surface area contributed by atoms with Gasteiger partial charge in [-0.05, 0) is 36.5 Å². The van der Waals surface area contributed by atoms with Crippen molar-refractivity contribution in [2.24, 2.45) is 5.92 Å². The van der Waals surface area contributed by atoms with Crippen LogP contribution in [0, 0.1) is 11.7 Å². The summed E-state index contributed by atoms with van der Waals surface area (Å²) in [5.41, 5.74) is 0.898. The molecule has 2 aromatic rings. The summed E-state index contributed by atoms with van der Waals surface area (Å²) in [7, 11) is 0. The fourth-order valence-electron chi connectivity index (χ4n) is 2.48. The molecule has 1 amide bonds. The number of nitrogens with one attached hydrogen (secondary N) is 1. The Morgan fingerprint density at radius 3 is 2.56 bits per heavy atom. The first-order chi connectivity index (χ1) is 12.2. The molecule has 5 heteroatoms. The van der Waals surface area contributed by atoms with Crippen LogP contribution < -0.4 is 10.1 Å². The lowest BCUT2D eigenvalue weighted by molar-refractivity contribution is -0.126. The van der Waals surface area contributed by atoms with Crippen LogP contribution in [0.15, 0.2) is 54.6 Å². The lowest BCUT2D eigenvalue weighted by Gasteiger charge is -2.20. The van der Waals surface area contributed by atoms with E-state index >= 15 is 0 Å². The Morgan fingerprint density at radius 1 is 1.12 bits per heavy atom. The van der Waals surface area contributed by atoms with Gasteiger partial charge in [0.25, 0.3) is 0 Å². The number of carbonyl (C=O) groups excluding carboxylic acids is 1. The monoisotopic (exact) mass is 343 g/mol. The van der Waals surface area contributed by atoms with Gasteiger partial charge in [0, 0.05) is 0 Å².